The summed E-state index contributed by atoms with van der Waals surface area (Å²) in [5, 5.41) is 3.06. The number of likely N-dealkylation sites (N-methyl/N-ethyl adjacent to an activating group) is 1. The highest BCUT2D eigenvalue weighted by Crippen LogP contribution is 2.28. The first-order valence-electron chi connectivity index (χ1n) is 7.17. The van der Waals surface area contributed by atoms with Crippen molar-refractivity contribution in [3.63, 3.8) is 0 Å². The van der Waals surface area contributed by atoms with E-state index in [4.69, 9.17) is 5.73 Å². The summed E-state index contributed by atoms with van der Waals surface area (Å²) in [5.41, 5.74) is 8.10. The SMILES string of the molecule is CN(C(=O)C(N)Cc1cccs1)c1cn(C)c2ccccc12. The Morgan fingerprint density at radius 3 is 2.82 bits per heavy atom. The fraction of sp³-hybridized carbons (Fsp3) is 0.235. The van der Waals surface area contributed by atoms with Crippen molar-refractivity contribution in [3.8, 4) is 0 Å². The highest BCUT2D eigenvalue weighted by molar-refractivity contribution is 7.09. The van der Waals surface area contributed by atoms with Crippen molar-refractivity contribution in [3.05, 3.63) is 52.9 Å². The molecule has 0 aliphatic carbocycles. The molecule has 2 aromatic heterocycles. The Balaban J connectivity index is 1.85. The van der Waals surface area contributed by atoms with Crippen molar-refractivity contribution in [2.24, 2.45) is 12.8 Å². The number of rotatable bonds is 4. The summed E-state index contributed by atoms with van der Waals surface area (Å²) in [6.07, 6.45) is 2.55. The second-order valence-electron chi connectivity index (χ2n) is 5.43. The summed E-state index contributed by atoms with van der Waals surface area (Å²) >= 11 is 1.63. The number of nitrogens with two attached hydrogens (primary N) is 1. The van der Waals surface area contributed by atoms with Crippen LogP contribution in [0, 0.1) is 0 Å². The summed E-state index contributed by atoms with van der Waals surface area (Å²) in [4.78, 5) is 15.4. The van der Waals surface area contributed by atoms with Crippen LogP contribution < -0.4 is 10.6 Å². The normalized spacial score (nSPS) is 12.5. The summed E-state index contributed by atoms with van der Waals surface area (Å²) in [5.74, 6) is -0.0650. The molecule has 1 unspecified atom stereocenters. The van der Waals surface area contributed by atoms with E-state index in [1.807, 2.05) is 59.6 Å². The zero-order valence-electron chi connectivity index (χ0n) is 12.7. The minimum absolute atomic E-state index is 0.0650. The number of amides is 1. The lowest BCUT2D eigenvalue weighted by molar-refractivity contribution is -0.119. The van der Waals surface area contributed by atoms with Crippen LogP contribution in [0.1, 0.15) is 4.88 Å². The fourth-order valence-electron chi connectivity index (χ4n) is 2.69. The molecule has 2 heterocycles. The molecule has 0 saturated carbocycles. The van der Waals surface area contributed by atoms with Gasteiger partial charge in [0.15, 0.2) is 0 Å². The monoisotopic (exact) mass is 313 g/mol. The number of anilines is 1. The molecule has 1 aromatic carbocycles. The van der Waals surface area contributed by atoms with Crippen LogP contribution >= 0.6 is 11.3 Å². The Morgan fingerprint density at radius 2 is 2.09 bits per heavy atom. The number of benzene rings is 1. The quantitative estimate of drug-likeness (QED) is 0.805. The van der Waals surface area contributed by atoms with Gasteiger partial charge in [-0.05, 0) is 17.5 Å². The number of thiophene rings is 1. The molecule has 1 atom stereocenters. The van der Waals surface area contributed by atoms with Gasteiger partial charge in [-0.25, -0.2) is 0 Å². The van der Waals surface area contributed by atoms with Crippen molar-refractivity contribution in [1.82, 2.24) is 4.57 Å². The van der Waals surface area contributed by atoms with Gasteiger partial charge in [-0.15, -0.1) is 11.3 Å². The van der Waals surface area contributed by atoms with E-state index in [9.17, 15) is 4.79 Å². The van der Waals surface area contributed by atoms with Gasteiger partial charge < -0.3 is 15.2 Å². The standard InChI is InChI=1S/C17H19N3OS/c1-19-11-16(13-7-3-4-8-15(13)19)20(2)17(21)14(18)10-12-6-5-9-22-12/h3-9,11,14H,10,18H2,1-2H3. The topological polar surface area (TPSA) is 51.3 Å². The van der Waals surface area contributed by atoms with Crippen LogP contribution in [0.3, 0.4) is 0 Å². The third-order valence-corrected chi connectivity index (χ3v) is 4.78. The lowest BCUT2D eigenvalue weighted by Crippen LogP contribution is -2.43. The number of carbonyl (C=O) groups excluding carboxylic acids is 1. The Labute approximate surface area is 133 Å². The predicted molar refractivity (Wildman–Crippen MR) is 92.3 cm³/mol. The van der Waals surface area contributed by atoms with Gasteiger partial charge in [-0.3, -0.25) is 4.79 Å². The summed E-state index contributed by atoms with van der Waals surface area (Å²) in [7, 11) is 3.77. The van der Waals surface area contributed by atoms with Gasteiger partial charge in [-0.2, -0.15) is 0 Å². The molecule has 3 rings (SSSR count). The number of nitrogens with zero attached hydrogens (tertiary/aromatic N) is 2. The van der Waals surface area contributed by atoms with Gasteiger partial charge in [-0.1, -0.05) is 24.3 Å². The Kier molecular flexibility index (Phi) is 4.00. The molecule has 0 fully saturated rings. The molecule has 22 heavy (non-hydrogen) atoms. The number of aromatic nitrogens is 1. The van der Waals surface area contributed by atoms with Gasteiger partial charge in [0.25, 0.3) is 0 Å². The second-order valence-corrected chi connectivity index (χ2v) is 6.46. The maximum atomic E-state index is 12.6. The molecule has 0 aliphatic heterocycles. The van der Waals surface area contributed by atoms with Crippen LogP contribution in [0.25, 0.3) is 10.9 Å². The molecule has 5 heteroatoms. The average Bonchev–Trinajstić information content (AvgIpc) is 3.14. The van der Waals surface area contributed by atoms with Gasteiger partial charge in [0.05, 0.1) is 11.7 Å². The second kappa shape index (κ2) is 5.94. The number of aryl methyl sites for hydroxylation is 1. The number of fused-ring (bicyclic) bond motifs is 1. The third kappa shape index (κ3) is 2.65. The molecule has 0 spiro atoms. The zero-order valence-corrected chi connectivity index (χ0v) is 13.5. The lowest BCUT2D eigenvalue weighted by Gasteiger charge is -2.20. The first-order chi connectivity index (χ1) is 10.6. The van der Waals surface area contributed by atoms with E-state index in [1.165, 1.54) is 0 Å². The van der Waals surface area contributed by atoms with Crippen molar-refractivity contribution in [2.45, 2.75) is 12.5 Å². The highest BCUT2D eigenvalue weighted by Gasteiger charge is 2.22. The molecule has 0 saturated heterocycles. The van der Waals surface area contributed by atoms with E-state index < -0.39 is 6.04 Å². The van der Waals surface area contributed by atoms with Gasteiger partial charge >= 0.3 is 0 Å². The van der Waals surface area contributed by atoms with Gasteiger partial charge in [0, 0.05) is 42.5 Å². The molecular formula is C17H19N3OS. The zero-order chi connectivity index (χ0) is 15.7. The van der Waals surface area contributed by atoms with Crippen molar-refractivity contribution >= 4 is 33.8 Å². The van der Waals surface area contributed by atoms with Crippen LogP contribution in [0.5, 0.6) is 0 Å². The molecule has 4 nitrogen and oxygen atoms in total. The summed E-state index contributed by atoms with van der Waals surface area (Å²) < 4.78 is 2.03. The number of hydrogen-bond donors (Lipinski definition) is 1. The first kappa shape index (κ1) is 14.8. The minimum atomic E-state index is -0.525. The molecule has 1 amide bonds. The average molecular weight is 313 g/mol. The smallest absolute Gasteiger partial charge is 0.244 e. The maximum Gasteiger partial charge on any atom is 0.244 e. The van der Waals surface area contributed by atoms with Crippen LogP contribution in [0.4, 0.5) is 5.69 Å². The van der Waals surface area contributed by atoms with E-state index in [-0.39, 0.29) is 5.91 Å². The molecule has 0 radical (unpaired) electrons. The van der Waals surface area contributed by atoms with E-state index in [0.717, 1.165) is 21.5 Å². The number of para-hydroxylation sites is 1. The van der Waals surface area contributed by atoms with Crippen molar-refractivity contribution in [2.75, 3.05) is 11.9 Å². The summed E-state index contributed by atoms with van der Waals surface area (Å²) in [6.45, 7) is 0. The van der Waals surface area contributed by atoms with Crippen LogP contribution in [-0.4, -0.2) is 23.6 Å². The highest BCUT2D eigenvalue weighted by atomic mass is 32.1. The molecule has 114 valence electrons. The third-order valence-electron chi connectivity index (χ3n) is 3.89. The largest absolute Gasteiger partial charge is 0.348 e. The predicted octanol–water partition coefficient (Wildman–Crippen LogP) is 2.77. The van der Waals surface area contributed by atoms with E-state index >= 15 is 0 Å². The Hall–Kier alpha value is -2.11. The Morgan fingerprint density at radius 1 is 1.32 bits per heavy atom. The van der Waals surface area contributed by atoms with Crippen molar-refractivity contribution in [1.29, 1.82) is 0 Å². The molecule has 0 bridgehead atoms. The first-order valence-corrected chi connectivity index (χ1v) is 8.05. The van der Waals surface area contributed by atoms with Crippen LogP contribution in [-0.2, 0) is 18.3 Å². The van der Waals surface area contributed by atoms with Crippen LogP contribution in [0.2, 0.25) is 0 Å². The van der Waals surface area contributed by atoms with Crippen molar-refractivity contribution < 1.29 is 4.79 Å². The fourth-order valence-corrected chi connectivity index (χ4v) is 3.45. The Bertz CT molecular complexity index is 791. The van der Waals surface area contributed by atoms with Crippen LogP contribution in [0.15, 0.2) is 48.0 Å². The van der Waals surface area contributed by atoms with Gasteiger partial charge in [0.2, 0.25) is 5.91 Å². The maximum absolute atomic E-state index is 12.6. The molecule has 0 aliphatic rings. The summed E-state index contributed by atoms with van der Waals surface area (Å²) in [6, 6.07) is 11.5. The number of hydrogen-bond acceptors (Lipinski definition) is 3. The lowest BCUT2D eigenvalue weighted by atomic mass is 10.1. The van der Waals surface area contributed by atoms with E-state index in [0.29, 0.717) is 6.42 Å². The minimum Gasteiger partial charge on any atom is -0.348 e. The molecule has 2 N–H and O–H groups in total. The molecular weight excluding hydrogens is 294 g/mol. The van der Waals surface area contributed by atoms with E-state index in [2.05, 4.69) is 0 Å². The van der Waals surface area contributed by atoms with Gasteiger partial charge in [0.1, 0.15) is 0 Å². The van der Waals surface area contributed by atoms with E-state index in [1.54, 1.807) is 23.3 Å². The molecule has 3 aromatic rings. The number of carbonyl (C=O) groups is 1.